The zero-order chi connectivity index (χ0) is 15.3. The lowest BCUT2D eigenvalue weighted by Crippen LogP contribution is -2.34. The standard InChI is InChI=1S/C18H15NO4/c20-16-14-10-2-3-11(18(10)5-6-18)15(14)17(21)19(16)9-1-4-12-13(7-9)23-8-22-12/h1-4,7,10-11,14-15H,5-6,8H2/t10-,11-,14+,15+/m1/s1. The predicted octanol–water partition coefficient (Wildman–Crippen LogP) is 2.12. The molecule has 116 valence electrons. The number of carbonyl (C=O) groups is 2. The summed E-state index contributed by atoms with van der Waals surface area (Å²) in [6.07, 6.45) is 6.69. The van der Waals surface area contributed by atoms with Gasteiger partial charge in [-0.2, -0.15) is 0 Å². The summed E-state index contributed by atoms with van der Waals surface area (Å²) >= 11 is 0. The van der Waals surface area contributed by atoms with Crippen molar-refractivity contribution in [1.82, 2.24) is 0 Å². The minimum atomic E-state index is -0.162. The molecule has 0 unspecified atom stereocenters. The van der Waals surface area contributed by atoms with Gasteiger partial charge in [0, 0.05) is 6.07 Å². The van der Waals surface area contributed by atoms with Crippen LogP contribution in [0.25, 0.3) is 0 Å². The quantitative estimate of drug-likeness (QED) is 0.589. The summed E-state index contributed by atoms with van der Waals surface area (Å²) in [6, 6.07) is 5.27. The van der Waals surface area contributed by atoms with E-state index in [1.807, 2.05) is 0 Å². The van der Waals surface area contributed by atoms with Crippen molar-refractivity contribution in [3.8, 4) is 11.5 Å². The number of allylic oxidation sites excluding steroid dienone is 2. The summed E-state index contributed by atoms with van der Waals surface area (Å²) in [6.45, 7) is 0.183. The van der Waals surface area contributed by atoms with Crippen molar-refractivity contribution in [2.24, 2.45) is 29.1 Å². The Hall–Kier alpha value is -2.30. The molecular formula is C18H15NO4. The van der Waals surface area contributed by atoms with Crippen LogP contribution in [0.15, 0.2) is 30.4 Å². The van der Waals surface area contributed by atoms with Crippen LogP contribution in [0.4, 0.5) is 5.69 Å². The highest BCUT2D eigenvalue weighted by molar-refractivity contribution is 6.23. The van der Waals surface area contributed by atoms with Crippen LogP contribution in [0, 0.1) is 29.1 Å². The van der Waals surface area contributed by atoms with Gasteiger partial charge in [0.1, 0.15) is 0 Å². The molecule has 2 aliphatic heterocycles. The van der Waals surface area contributed by atoms with Crippen LogP contribution >= 0.6 is 0 Å². The number of rotatable bonds is 1. The Morgan fingerprint density at radius 1 is 0.957 bits per heavy atom. The molecule has 3 aliphatic carbocycles. The van der Waals surface area contributed by atoms with Gasteiger partial charge in [0.2, 0.25) is 18.6 Å². The predicted molar refractivity (Wildman–Crippen MR) is 79.8 cm³/mol. The van der Waals surface area contributed by atoms with Crippen molar-refractivity contribution in [2.75, 3.05) is 11.7 Å². The van der Waals surface area contributed by atoms with Gasteiger partial charge in [-0.05, 0) is 42.2 Å². The van der Waals surface area contributed by atoms with Crippen LogP contribution in [0.2, 0.25) is 0 Å². The van der Waals surface area contributed by atoms with Crippen LogP contribution in [0.3, 0.4) is 0 Å². The summed E-state index contributed by atoms with van der Waals surface area (Å²) in [5.74, 6) is 1.37. The molecule has 3 fully saturated rings. The van der Waals surface area contributed by atoms with Gasteiger partial charge in [-0.3, -0.25) is 9.59 Å². The Labute approximate surface area is 132 Å². The van der Waals surface area contributed by atoms with Crippen LogP contribution in [-0.4, -0.2) is 18.6 Å². The monoisotopic (exact) mass is 309 g/mol. The molecule has 5 nitrogen and oxygen atoms in total. The Kier molecular flexibility index (Phi) is 1.91. The van der Waals surface area contributed by atoms with Crippen LogP contribution in [0.5, 0.6) is 11.5 Å². The second kappa shape index (κ2) is 3.61. The Bertz CT molecular complexity index is 775. The fourth-order valence-electron chi connectivity index (χ4n) is 5.36. The number of carbonyl (C=O) groups excluding carboxylic acids is 2. The molecule has 0 radical (unpaired) electrons. The van der Waals surface area contributed by atoms with E-state index < -0.39 is 0 Å². The number of nitrogens with zero attached hydrogens (tertiary/aromatic N) is 1. The topological polar surface area (TPSA) is 55.8 Å². The first-order valence-electron chi connectivity index (χ1n) is 8.16. The number of benzene rings is 1. The van der Waals surface area contributed by atoms with Crippen LogP contribution in [0.1, 0.15) is 12.8 Å². The number of fused-ring (bicyclic) bond motifs is 4. The van der Waals surface area contributed by atoms with E-state index in [1.165, 1.54) is 4.90 Å². The Balaban J connectivity index is 1.42. The number of amides is 2. The van der Waals surface area contributed by atoms with Crippen molar-refractivity contribution in [2.45, 2.75) is 12.8 Å². The van der Waals surface area contributed by atoms with Crippen LogP contribution in [-0.2, 0) is 9.59 Å². The lowest BCUT2D eigenvalue weighted by atomic mass is 9.85. The van der Waals surface area contributed by atoms with Crippen LogP contribution < -0.4 is 14.4 Å². The minimum Gasteiger partial charge on any atom is -0.454 e. The molecule has 2 saturated carbocycles. The maximum absolute atomic E-state index is 13.0. The van der Waals surface area contributed by atoms with E-state index in [2.05, 4.69) is 12.2 Å². The fraction of sp³-hybridized carbons (Fsp3) is 0.444. The zero-order valence-electron chi connectivity index (χ0n) is 12.4. The van der Waals surface area contributed by atoms with Gasteiger partial charge in [0.05, 0.1) is 17.5 Å². The lowest BCUT2D eigenvalue weighted by Gasteiger charge is -2.21. The van der Waals surface area contributed by atoms with E-state index in [-0.39, 0.29) is 47.7 Å². The first kappa shape index (κ1) is 12.2. The highest BCUT2D eigenvalue weighted by Crippen LogP contribution is 2.73. The highest BCUT2D eigenvalue weighted by atomic mass is 16.7. The van der Waals surface area contributed by atoms with Crippen molar-refractivity contribution in [3.05, 3.63) is 30.4 Å². The number of imide groups is 1. The molecule has 2 bridgehead atoms. The van der Waals surface area contributed by atoms with E-state index in [1.54, 1.807) is 18.2 Å². The second-order valence-electron chi connectivity index (χ2n) is 7.27. The zero-order valence-corrected chi connectivity index (χ0v) is 12.4. The number of ether oxygens (including phenoxy) is 2. The van der Waals surface area contributed by atoms with E-state index in [0.717, 1.165) is 12.8 Å². The normalized spacial score (nSPS) is 37.1. The van der Waals surface area contributed by atoms with Crippen molar-refractivity contribution in [1.29, 1.82) is 0 Å². The number of anilines is 1. The van der Waals surface area contributed by atoms with Gasteiger partial charge in [0.15, 0.2) is 11.5 Å². The molecule has 1 aromatic rings. The molecule has 0 aromatic heterocycles. The molecule has 6 rings (SSSR count). The fourth-order valence-corrected chi connectivity index (χ4v) is 5.36. The molecule has 5 aliphatic rings. The average molecular weight is 309 g/mol. The number of hydrogen-bond donors (Lipinski definition) is 0. The summed E-state index contributed by atoms with van der Waals surface area (Å²) in [5.41, 5.74) is 0.838. The van der Waals surface area contributed by atoms with Crippen molar-refractivity contribution in [3.63, 3.8) is 0 Å². The molecule has 1 aromatic carbocycles. The first-order chi connectivity index (χ1) is 11.2. The molecule has 5 heteroatoms. The van der Waals surface area contributed by atoms with Gasteiger partial charge >= 0.3 is 0 Å². The van der Waals surface area contributed by atoms with Gasteiger partial charge in [-0.25, -0.2) is 4.90 Å². The number of hydrogen-bond acceptors (Lipinski definition) is 4. The molecule has 1 saturated heterocycles. The Morgan fingerprint density at radius 2 is 1.61 bits per heavy atom. The third-order valence-corrected chi connectivity index (χ3v) is 6.47. The van der Waals surface area contributed by atoms with Crippen molar-refractivity contribution < 1.29 is 19.1 Å². The first-order valence-corrected chi connectivity index (χ1v) is 8.16. The lowest BCUT2D eigenvalue weighted by molar-refractivity contribution is -0.123. The van der Waals surface area contributed by atoms with Gasteiger partial charge in [-0.1, -0.05) is 12.2 Å². The summed E-state index contributed by atoms with van der Waals surface area (Å²) < 4.78 is 10.7. The summed E-state index contributed by atoms with van der Waals surface area (Å²) in [7, 11) is 0. The summed E-state index contributed by atoms with van der Waals surface area (Å²) in [4.78, 5) is 27.4. The average Bonchev–Trinajstić information content (AvgIpc) is 2.83. The molecule has 23 heavy (non-hydrogen) atoms. The van der Waals surface area contributed by atoms with Gasteiger partial charge < -0.3 is 9.47 Å². The smallest absolute Gasteiger partial charge is 0.238 e. The summed E-state index contributed by atoms with van der Waals surface area (Å²) in [5, 5.41) is 0. The van der Waals surface area contributed by atoms with E-state index in [4.69, 9.17) is 9.47 Å². The second-order valence-corrected chi connectivity index (χ2v) is 7.27. The van der Waals surface area contributed by atoms with Gasteiger partial charge in [-0.15, -0.1) is 0 Å². The Morgan fingerprint density at radius 3 is 2.26 bits per heavy atom. The molecule has 2 heterocycles. The third-order valence-electron chi connectivity index (χ3n) is 6.47. The third kappa shape index (κ3) is 1.23. The highest BCUT2D eigenvalue weighted by Gasteiger charge is 2.73. The van der Waals surface area contributed by atoms with E-state index in [9.17, 15) is 9.59 Å². The molecule has 4 atom stereocenters. The molecule has 1 spiro atoms. The maximum Gasteiger partial charge on any atom is 0.238 e. The van der Waals surface area contributed by atoms with Gasteiger partial charge in [0.25, 0.3) is 0 Å². The molecule has 2 amide bonds. The maximum atomic E-state index is 13.0. The molecular weight excluding hydrogens is 294 g/mol. The SMILES string of the molecule is O=C1[C@@H]2[C@@H](C(=O)N1c1ccc3c(c1)OCO3)[C@H]1C=C[C@H]2C12CC2. The van der Waals surface area contributed by atoms with Crippen molar-refractivity contribution >= 4 is 17.5 Å². The van der Waals surface area contributed by atoms with E-state index in [0.29, 0.717) is 17.2 Å². The largest absolute Gasteiger partial charge is 0.454 e. The minimum absolute atomic E-state index is 0.0398. The molecule has 0 N–H and O–H groups in total. The van der Waals surface area contributed by atoms with E-state index >= 15 is 0 Å².